The molecule has 1 aromatic heterocycles. The van der Waals surface area contributed by atoms with Gasteiger partial charge in [0.1, 0.15) is 5.75 Å². The largest absolute Gasteiger partial charge is 0.493 e. The van der Waals surface area contributed by atoms with Crippen molar-refractivity contribution < 1.29 is 14.3 Å². The van der Waals surface area contributed by atoms with Crippen molar-refractivity contribution in [1.82, 2.24) is 9.80 Å². The molecule has 4 rings (SSSR count). The van der Waals surface area contributed by atoms with Gasteiger partial charge in [-0.1, -0.05) is 6.07 Å². The molecule has 0 radical (unpaired) electrons. The van der Waals surface area contributed by atoms with Crippen LogP contribution in [0.15, 0.2) is 35.7 Å². The highest BCUT2D eigenvalue weighted by molar-refractivity contribution is 7.10. The smallest absolute Gasteiger partial charge is 0.253 e. The van der Waals surface area contributed by atoms with E-state index in [4.69, 9.17) is 4.74 Å². The van der Waals surface area contributed by atoms with Gasteiger partial charge < -0.3 is 14.5 Å². The van der Waals surface area contributed by atoms with Crippen LogP contribution in [0.25, 0.3) is 0 Å². The van der Waals surface area contributed by atoms with E-state index >= 15 is 0 Å². The molecule has 0 saturated carbocycles. The van der Waals surface area contributed by atoms with Crippen LogP contribution in [0.5, 0.6) is 5.75 Å². The molecule has 0 atom stereocenters. The van der Waals surface area contributed by atoms with Crippen LogP contribution in [-0.2, 0) is 17.6 Å². The van der Waals surface area contributed by atoms with E-state index < -0.39 is 0 Å². The first-order chi connectivity index (χ1) is 12.7. The minimum Gasteiger partial charge on any atom is -0.493 e. The molecule has 136 valence electrons. The van der Waals surface area contributed by atoms with Gasteiger partial charge in [-0.15, -0.1) is 11.3 Å². The van der Waals surface area contributed by atoms with Crippen molar-refractivity contribution in [2.45, 2.75) is 19.3 Å². The molecule has 2 aromatic rings. The average molecular weight is 370 g/mol. The maximum atomic E-state index is 12.9. The fourth-order valence-electron chi connectivity index (χ4n) is 3.55. The zero-order chi connectivity index (χ0) is 17.9. The zero-order valence-corrected chi connectivity index (χ0v) is 15.5. The lowest BCUT2D eigenvalue weighted by Gasteiger charge is -2.22. The predicted molar refractivity (Wildman–Crippen MR) is 101 cm³/mol. The highest BCUT2D eigenvalue weighted by Gasteiger charge is 2.24. The average Bonchev–Trinajstić information content (AvgIpc) is 3.27. The molecule has 1 aromatic carbocycles. The van der Waals surface area contributed by atoms with E-state index in [1.165, 1.54) is 0 Å². The number of thiophene rings is 1. The molecule has 2 aliphatic rings. The van der Waals surface area contributed by atoms with Gasteiger partial charge >= 0.3 is 0 Å². The number of ether oxygens (including phenoxy) is 1. The molecule has 6 heteroatoms. The van der Waals surface area contributed by atoms with Crippen LogP contribution in [0.1, 0.15) is 27.2 Å². The fraction of sp³-hybridized carbons (Fsp3) is 0.400. The van der Waals surface area contributed by atoms with Crippen LogP contribution in [0.2, 0.25) is 0 Å². The van der Waals surface area contributed by atoms with Crippen molar-refractivity contribution >= 4 is 23.2 Å². The number of benzene rings is 1. The zero-order valence-electron chi connectivity index (χ0n) is 14.6. The van der Waals surface area contributed by atoms with Crippen LogP contribution >= 0.6 is 11.3 Å². The maximum Gasteiger partial charge on any atom is 0.253 e. The van der Waals surface area contributed by atoms with Gasteiger partial charge in [-0.3, -0.25) is 9.59 Å². The van der Waals surface area contributed by atoms with Crippen LogP contribution in [-0.4, -0.2) is 54.4 Å². The molecule has 1 fully saturated rings. The second-order valence-corrected chi connectivity index (χ2v) is 7.74. The van der Waals surface area contributed by atoms with Crippen molar-refractivity contribution in [1.29, 1.82) is 0 Å². The summed E-state index contributed by atoms with van der Waals surface area (Å²) in [5.74, 6) is 1.09. The van der Waals surface area contributed by atoms with Gasteiger partial charge in [0, 0.05) is 43.0 Å². The van der Waals surface area contributed by atoms with Crippen LogP contribution in [0.4, 0.5) is 0 Å². The Morgan fingerprint density at radius 1 is 1.08 bits per heavy atom. The summed E-state index contributed by atoms with van der Waals surface area (Å²) in [5.41, 5.74) is 1.83. The summed E-state index contributed by atoms with van der Waals surface area (Å²) in [7, 11) is 0. The summed E-state index contributed by atoms with van der Waals surface area (Å²) >= 11 is 1.61. The minimum absolute atomic E-state index is 0.0484. The molecule has 0 bridgehead atoms. The SMILES string of the molecule is O=C(Cc1cccs1)N1CCCN(C(=O)c2ccc3c(c2)CCO3)CC1. The second-order valence-electron chi connectivity index (χ2n) is 6.70. The van der Waals surface area contributed by atoms with E-state index in [9.17, 15) is 9.59 Å². The van der Waals surface area contributed by atoms with E-state index in [1.807, 2.05) is 45.5 Å². The predicted octanol–water partition coefficient (Wildman–Crippen LogP) is 2.60. The maximum absolute atomic E-state index is 12.9. The molecule has 3 heterocycles. The van der Waals surface area contributed by atoms with Gasteiger partial charge in [-0.05, 0) is 41.6 Å². The van der Waals surface area contributed by atoms with Crippen molar-refractivity contribution in [2.75, 3.05) is 32.8 Å². The van der Waals surface area contributed by atoms with Gasteiger partial charge in [0.05, 0.1) is 13.0 Å². The molecule has 2 amide bonds. The molecule has 2 aliphatic heterocycles. The Hall–Kier alpha value is -2.34. The Labute approximate surface area is 157 Å². The molecule has 26 heavy (non-hydrogen) atoms. The first-order valence-electron chi connectivity index (χ1n) is 9.06. The van der Waals surface area contributed by atoms with Crippen LogP contribution in [0.3, 0.4) is 0 Å². The first kappa shape index (κ1) is 17.1. The van der Waals surface area contributed by atoms with E-state index in [0.29, 0.717) is 44.8 Å². The topological polar surface area (TPSA) is 49.9 Å². The Morgan fingerprint density at radius 2 is 1.92 bits per heavy atom. The van der Waals surface area contributed by atoms with Gasteiger partial charge in [-0.25, -0.2) is 0 Å². The second kappa shape index (κ2) is 7.50. The number of fused-ring (bicyclic) bond motifs is 1. The molecule has 0 spiro atoms. The molecular formula is C20H22N2O3S. The van der Waals surface area contributed by atoms with E-state index in [0.717, 1.165) is 29.0 Å². The number of nitrogens with zero attached hydrogens (tertiary/aromatic N) is 2. The van der Waals surface area contributed by atoms with E-state index in [2.05, 4.69) is 0 Å². The molecule has 1 saturated heterocycles. The van der Waals surface area contributed by atoms with Gasteiger partial charge in [-0.2, -0.15) is 0 Å². The molecule has 0 aliphatic carbocycles. The van der Waals surface area contributed by atoms with Gasteiger partial charge in [0.2, 0.25) is 5.91 Å². The number of rotatable bonds is 3. The van der Waals surface area contributed by atoms with Crippen LogP contribution < -0.4 is 4.74 Å². The first-order valence-corrected chi connectivity index (χ1v) is 9.94. The van der Waals surface area contributed by atoms with Crippen molar-refractivity contribution in [3.05, 3.63) is 51.7 Å². The molecule has 5 nitrogen and oxygen atoms in total. The number of amides is 2. The van der Waals surface area contributed by atoms with Crippen molar-refractivity contribution in [3.8, 4) is 5.75 Å². The summed E-state index contributed by atoms with van der Waals surface area (Å²) in [6.45, 7) is 3.28. The monoisotopic (exact) mass is 370 g/mol. The van der Waals surface area contributed by atoms with Crippen LogP contribution in [0, 0.1) is 0 Å². The lowest BCUT2D eigenvalue weighted by atomic mass is 10.1. The Balaban J connectivity index is 1.38. The number of carbonyl (C=O) groups is 2. The van der Waals surface area contributed by atoms with E-state index in [1.54, 1.807) is 11.3 Å². The fourth-order valence-corrected chi connectivity index (χ4v) is 4.24. The summed E-state index contributed by atoms with van der Waals surface area (Å²) in [5, 5.41) is 1.99. The highest BCUT2D eigenvalue weighted by atomic mass is 32.1. The Morgan fingerprint density at radius 3 is 2.77 bits per heavy atom. The Kier molecular flexibility index (Phi) is 4.93. The third-order valence-corrected chi connectivity index (χ3v) is 5.85. The summed E-state index contributed by atoms with van der Waals surface area (Å²) < 4.78 is 5.51. The lowest BCUT2D eigenvalue weighted by molar-refractivity contribution is -0.130. The van der Waals surface area contributed by atoms with Crippen molar-refractivity contribution in [2.24, 2.45) is 0 Å². The minimum atomic E-state index is 0.0484. The van der Waals surface area contributed by atoms with E-state index in [-0.39, 0.29) is 11.8 Å². The molecular weight excluding hydrogens is 348 g/mol. The normalized spacial score (nSPS) is 16.8. The Bertz CT molecular complexity index is 803. The number of hydrogen-bond acceptors (Lipinski definition) is 4. The quantitative estimate of drug-likeness (QED) is 0.834. The summed E-state index contributed by atoms with van der Waals surface area (Å²) in [4.78, 5) is 30.2. The third-order valence-electron chi connectivity index (χ3n) is 4.98. The molecule has 0 N–H and O–H groups in total. The number of hydrogen-bond donors (Lipinski definition) is 0. The van der Waals surface area contributed by atoms with Gasteiger partial charge in [0.15, 0.2) is 0 Å². The molecule has 0 unspecified atom stereocenters. The summed E-state index contributed by atoms with van der Waals surface area (Å²) in [6.07, 6.45) is 2.13. The lowest BCUT2D eigenvalue weighted by Crippen LogP contribution is -2.37. The van der Waals surface area contributed by atoms with Gasteiger partial charge in [0.25, 0.3) is 5.91 Å². The summed E-state index contributed by atoms with van der Waals surface area (Å²) in [6, 6.07) is 9.65. The standard InChI is InChI=1S/C20H22N2O3S/c23-19(14-17-3-1-12-26-17)21-7-2-8-22(10-9-21)20(24)16-4-5-18-15(13-16)6-11-25-18/h1,3-5,12-13H,2,6-11,14H2. The number of carbonyl (C=O) groups excluding carboxylic acids is 2. The van der Waals surface area contributed by atoms with Crippen molar-refractivity contribution in [3.63, 3.8) is 0 Å². The highest BCUT2D eigenvalue weighted by Crippen LogP contribution is 2.26. The third kappa shape index (κ3) is 3.60.